The minimum atomic E-state index is -0.288. The largest absolute Gasteiger partial charge is 0.446 e. The zero-order valence-corrected chi connectivity index (χ0v) is 8.65. The lowest BCUT2D eigenvalue weighted by Gasteiger charge is -2.22. The molecule has 0 spiro atoms. The average molecular weight is 209 g/mol. The first-order valence-corrected chi connectivity index (χ1v) is 4.48. The zero-order valence-electron chi connectivity index (χ0n) is 7.84. The van der Waals surface area contributed by atoms with Crippen LogP contribution in [-0.4, -0.2) is 31.8 Å². The summed E-state index contributed by atoms with van der Waals surface area (Å²) >= 11 is 0. The van der Waals surface area contributed by atoms with Gasteiger partial charge in [0.1, 0.15) is 6.10 Å². The van der Waals surface area contributed by atoms with E-state index in [1.807, 2.05) is 6.92 Å². The maximum Gasteiger partial charge on any atom is 0.407 e. The Morgan fingerprint density at radius 2 is 2.15 bits per heavy atom. The molecule has 4 nitrogen and oxygen atoms in total. The van der Waals surface area contributed by atoms with E-state index in [-0.39, 0.29) is 24.6 Å². The van der Waals surface area contributed by atoms with Crippen LogP contribution < -0.4 is 10.6 Å². The smallest absolute Gasteiger partial charge is 0.407 e. The fourth-order valence-electron chi connectivity index (χ4n) is 1.25. The van der Waals surface area contributed by atoms with Crippen molar-refractivity contribution >= 4 is 18.5 Å². The fraction of sp³-hybridized carbons (Fsp3) is 0.875. The Bertz CT molecular complexity index is 149. The molecule has 1 aliphatic rings. The molecule has 2 N–H and O–H groups in total. The fourth-order valence-corrected chi connectivity index (χ4v) is 1.25. The van der Waals surface area contributed by atoms with Crippen molar-refractivity contribution in [2.24, 2.45) is 0 Å². The summed E-state index contributed by atoms with van der Waals surface area (Å²) in [6.07, 6.45) is 1.68. The molecule has 1 rings (SSSR count). The van der Waals surface area contributed by atoms with Crippen LogP contribution in [0.2, 0.25) is 0 Å². The molecular formula is C8H17ClN2O2. The Kier molecular flexibility index (Phi) is 6.72. The summed E-state index contributed by atoms with van der Waals surface area (Å²) in [5, 5.41) is 5.82. The van der Waals surface area contributed by atoms with E-state index in [1.54, 1.807) is 0 Å². The number of nitrogens with one attached hydrogen (secondary N) is 2. The van der Waals surface area contributed by atoms with Crippen molar-refractivity contribution in [3.63, 3.8) is 0 Å². The van der Waals surface area contributed by atoms with Crippen LogP contribution in [-0.2, 0) is 4.74 Å². The molecule has 1 amide bonds. The van der Waals surface area contributed by atoms with E-state index in [0.717, 1.165) is 25.9 Å². The first-order valence-electron chi connectivity index (χ1n) is 4.48. The van der Waals surface area contributed by atoms with Crippen molar-refractivity contribution in [2.75, 3.05) is 19.6 Å². The second-order valence-corrected chi connectivity index (χ2v) is 2.88. The summed E-state index contributed by atoms with van der Waals surface area (Å²) in [7, 11) is 0. The first-order chi connectivity index (χ1) is 5.83. The minimum absolute atomic E-state index is 0. The van der Waals surface area contributed by atoms with Crippen molar-refractivity contribution in [3.05, 3.63) is 0 Å². The first kappa shape index (κ1) is 12.5. The van der Waals surface area contributed by atoms with Gasteiger partial charge in [-0.1, -0.05) is 0 Å². The second-order valence-electron chi connectivity index (χ2n) is 2.88. The standard InChI is InChI=1S/C8H16N2O2.ClH/c1-2-10-8(11)12-7-3-5-9-6-4-7;/h7,9H,2-6H2,1H3,(H,10,11);1H. The van der Waals surface area contributed by atoms with Crippen LogP contribution >= 0.6 is 12.4 Å². The van der Waals surface area contributed by atoms with E-state index in [0.29, 0.717) is 6.54 Å². The average Bonchev–Trinajstić information content (AvgIpc) is 2.06. The number of alkyl carbamates (subject to hydrolysis) is 1. The molecule has 0 atom stereocenters. The number of hydrogen-bond acceptors (Lipinski definition) is 3. The van der Waals surface area contributed by atoms with E-state index in [1.165, 1.54) is 0 Å². The molecule has 0 saturated carbocycles. The Morgan fingerprint density at radius 3 is 2.69 bits per heavy atom. The summed E-state index contributed by atoms with van der Waals surface area (Å²) in [6.45, 7) is 4.40. The molecule has 0 unspecified atom stereocenters. The van der Waals surface area contributed by atoms with Crippen LogP contribution in [0.4, 0.5) is 4.79 Å². The molecule has 1 fully saturated rings. The van der Waals surface area contributed by atoms with Crippen LogP contribution in [0.15, 0.2) is 0 Å². The van der Waals surface area contributed by atoms with Gasteiger partial charge in [-0.3, -0.25) is 0 Å². The van der Waals surface area contributed by atoms with Crippen molar-refractivity contribution < 1.29 is 9.53 Å². The third kappa shape index (κ3) is 4.95. The van der Waals surface area contributed by atoms with Gasteiger partial charge in [0, 0.05) is 6.54 Å². The van der Waals surface area contributed by atoms with Crippen molar-refractivity contribution in [1.29, 1.82) is 0 Å². The van der Waals surface area contributed by atoms with E-state index in [4.69, 9.17) is 4.74 Å². The van der Waals surface area contributed by atoms with Crippen molar-refractivity contribution in [3.8, 4) is 0 Å². The molecular weight excluding hydrogens is 192 g/mol. The van der Waals surface area contributed by atoms with E-state index in [9.17, 15) is 4.79 Å². The third-order valence-corrected chi connectivity index (χ3v) is 1.88. The number of ether oxygens (including phenoxy) is 1. The molecule has 0 aromatic carbocycles. The highest BCUT2D eigenvalue weighted by molar-refractivity contribution is 5.85. The Balaban J connectivity index is 0.00000144. The highest BCUT2D eigenvalue weighted by Crippen LogP contribution is 2.06. The second kappa shape index (κ2) is 6.97. The number of halogens is 1. The third-order valence-electron chi connectivity index (χ3n) is 1.88. The predicted octanol–water partition coefficient (Wildman–Crippen LogP) is 0.906. The van der Waals surface area contributed by atoms with Crippen LogP contribution in [0, 0.1) is 0 Å². The summed E-state index contributed by atoms with van der Waals surface area (Å²) in [5.41, 5.74) is 0. The molecule has 5 heteroatoms. The molecule has 0 radical (unpaired) electrons. The number of carbonyl (C=O) groups is 1. The predicted molar refractivity (Wildman–Crippen MR) is 53.3 cm³/mol. The molecule has 13 heavy (non-hydrogen) atoms. The lowest BCUT2D eigenvalue weighted by molar-refractivity contribution is 0.0798. The van der Waals surface area contributed by atoms with E-state index in [2.05, 4.69) is 10.6 Å². The Hall–Kier alpha value is -0.480. The normalized spacial score (nSPS) is 17.3. The van der Waals surface area contributed by atoms with Gasteiger partial charge in [0.15, 0.2) is 0 Å². The van der Waals surface area contributed by atoms with Crippen LogP contribution in [0.25, 0.3) is 0 Å². The molecule has 0 aromatic heterocycles. The molecule has 1 heterocycles. The maximum atomic E-state index is 11.0. The van der Waals surface area contributed by atoms with Gasteiger partial charge in [0.2, 0.25) is 0 Å². The van der Waals surface area contributed by atoms with Gasteiger partial charge in [-0.05, 0) is 32.9 Å². The van der Waals surface area contributed by atoms with Gasteiger partial charge < -0.3 is 15.4 Å². The van der Waals surface area contributed by atoms with Crippen LogP contribution in [0.5, 0.6) is 0 Å². The monoisotopic (exact) mass is 208 g/mol. The summed E-state index contributed by atoms with van der Waals surface area (Å²) in [5.74, 6) is 0. The molecule has 0 aromatic rings. The van der Waals surface area contributed by atoms with Crippen LogP contribution in [0.1, 0.15) is 19.8 Å². The highest BCUT2D eigenvalue weighted by atomic mass is 35.5. The molecule has 0 bridgehead atoms. The summed E-state index contributed by atoms with van der Waals surface area (Å²) < 4.78 is 5.14. The topological polar surface area (TPSA) is 50.4 Å². The zero-order chi connectivity index (χ0) is 8.81. The van der Waals surface area contributed by atoms with Gasteiger partial charge in [0.05, 0.1) is 0 Å². The van der Waals surface area contributed by atoms with Gasteiger partial charge in [-0.15, -0.1) is 12.4 Å². The SMILES string of the molecule is CCNC(=O)OC1CCNCC1.Cl. The highest BCUT2D eigenvalue weighted by Gasteiger charge is 2.16. The van der Waals surface area contributed by atoms with E-state index >= 15 is 0 Å². The quantitative estimate of drug-likeness (QED) is 0.709. The Morgan fingerprint density at radius 1 is 1.54 bits per heavy atom. The van der Waals surface area contributed by atoms with Crippen molar-refractivity contribution in [1.82, 2.24) is 10.6 Å². The molecule has 78 valence electrons. The van der Waals surface area contributed by atoms with Gasteiger partial charge in [-0.2, -0.15) is 0 Å². The van der Waals surface area contributed by atoms with Gasteiger partial charge >= 0.3 is 6.09 Å². The minimum Gasteiger partial charge on any atom is -0.446 e. The molecule has 1 aliphatic heterocycles. The number of rotatable bonds is 2. The number of hydrogen-bond donors (Lipinski definition) is 2. The summed E-state index contributed by atoms with van der Waals surface area (Å²) in [6, 6.07) is 0. The molecule has 1 saturated heterocycles. The van der Waals surface area contributed by atoms with Crippen LogP contribution in [0.3, 0.4) is 0 Å². The van der Waals surface area contributed by atoms with Gasteiger partial charge in [-0.25, -0.2) is 4.79 Å². The number of amides is 1. The maximum absolute atomic E-state index is 11.0. The number of carbonyl (C=O) groups excluding carboxylic acids is 1. The van der Waals surface area contributed by atoms with Gasteiger partial charge in [0.25, 0.3) is 0 Å². The lowest BCUT2D eigenvalue weighted by atomic mass is 10.1. The Labute approximate surface area is 84.8 Å². The lowest BCUT2D eigenvalue weighted by Crippen LogP contribution is -2.36. The molecule has 0 aliphatic carbocycles. The number of piperidine rings is 1. The van der Waals surface area contributed by atoms with E-state index < -0.39 is 0 Å². The summed E-state index contributed by atoms with van der Waals surface area (Å²) in [4.78, 5) is 11.0. The van der Waals surface area contributed by atoms with Crippen molar-refractivity contribution in [2.45, 2.75) is 25.9 Å².